The Morgan fingerprint density at radius 2 is 2.17 bits per heavy atom. The lowest BCUT2D eigenvalue weighted by atomic mass is 10.1. The van der Waals surface area contributed by atoms with Gasteiger partial charge in [0.2, 0.25) is 0 Å². The van der Waals surface area contributed by atoms with E-state index in [0.717, 1.165) is 23.3 Å². The minimum absolute atomic E-state index is 0.00358. The van der Waals surface area contributed by atoms with Gasteiger partial charge in [-0.3, -0.25) is 4.79 Å². The van der Waals surface area contributed by atoms with Crippen molar-refractivity contribution in [2.24, 2.45) is 0 Å². The monoisotopic (exact) mass is 331 g/mol. The molecule has 1 aliphatic carbocycles. The van der Waals surface area contributed by atoms with E-state index in [1.807, 2.05) is 24.0 Å². The Hall–Kier alpha value is -1.43. The van der Waals surface area contributed by atoms with Crippen LogP contribution in [0, 0.1) is 6.92 Å². The summed E-state index contributed by atoms with van der Waals surface area (Å²) < 4.78 is 12.7. The lowest BCUT2D eigenvalue weighted by Gasteiger charge is -2.30. The van der Waals surface area contributed by atoms with Crippen molar-refractivity contribution >= 4 is 27.3 Å². The van der Waals surface area contributed by atoms with E-state index in [9.17, 15) is 4.79 Å². The lowest BCUT2D eigenvalue weighted by Crippen LogP contribution is -2.46. The number of ether oxygens (including phenoxy) is 2. The van der Waals surface area contributed by atoms with Gasteiger partial charge in [-0.25, -0.2) is 0 Å². The van der Waals surface area contributed by atoms with Gasteiger partial charge in [-0.15, -0.1) is 11.3 Å². The van der Waals surface area contributed by atoms with Gasteiger partial charge in [0.1, 0.15) is 6.10 Å². The number of fused-ring (bicyclic) bond motifs is 3. The maximum absolute atomic E-state index is 13.2. The second kappa shape index (κ2) is 5.89. The first-order valence-electron chi connectivity index (χ1n) is 8.14. The molecule has 122 valence electrons. The normalized spacial score (nSPS) is 27.4. The van der Waals surface area contributed by atoms with E-state index in [1.54, 1.807) is 18.4 Å². The molecule has 1 aromatic heterocycles. The number of hydrogen-bond acceptors (Lipinski definition) is 4. The molecule has 4 rings (SSSR count). The van der Waals surface area contributed by atoms with Gasteiger partial charge >= 0.3 is 0 Å². The van der Waals surface area contributed by atoms with Crippen molar-refractivity contribution in [3.05, 3.63) is 34.7 Å². The van der Waals surface area contributed by atoms with Crippen molar-refractivity contribution in [2.75, 3.05) is 20.3 Å². The van der Waals surface area contributed by atoms with Crippen molar-refractivity contribution in [2.45, 2.75) is 38.0 Å². The number of rotatable bonds is 2. The maximum Gasteiger partial charge on any atom is 0.264 e. The molecule has 2 heterocycles. The number of nitrogens with zero attached hydrogens (tertiary/aromatic N) is 1. The van der Waals surface area contributed by atoms with Crippen LogP contribution < -0.4 is 0 Å². The molecule has 2 fully saturated rings. The molecule has 0 N–H and O–H groups in total. The predicted molar refractivity (Wildman–Crippen MR) is 91.2 cm³/mol. The van der Waals surface area contributed by atoms with E-state index in [4.69, 9.17) is 9.47 Å². The summed E-state index contributed by atoms with van der Waals surface area (Å²) in [6.45, 7) is 3.29. The van der Waals surface area contributed by atoms with Crippen molar-refractivity contribution in [3.63, 3.8) is 0 Å². The highest BCUT2D eigenvalue weighted by Gasteiger charge is 2.44. The molecule has 3 unspecified atom stereocenters. The second-order valence-electron chi connectivity index (χ2n) is 6.31. The minimum Gasteiger partial charge on any atom is -0.377 e. The SMILES string of the molecule is COC1C2CCC1N(C(=O)c1sc3ccccc3c1C)CCO2. The Kier molecular flexibility index (Phi) is 3.87. The Labute approximate surface area is 140 Å². The first kappa shape index (κ1) is 15.1. The van der Waals surface area contributed by atoms with Crippen LogP contribution >= 0.6 is 11.3 Å². The van der Waals surface area contributed by atoms with Crippen molar-refractivity contribution in [1.29, 1.82) is 0 Å². The van der Waals surface area contributed by atoms with Gasteiger partial charge in [-0.2, -0.15) is 0 Å². The molecule has 3 atom stereocenters. The summed E-state index contributed by atoms with van der Waals surface area (Å²) in [6.07, 6.45) is 2.06. The Morgan fingerprint density at radius 3 is 2.96 bits per heavy atom. The number of carbonyl (C=O) groups is 1. The van der Waals surface area contributed by atoms with E-state index in [2.05, 4.69) is 12.1 Å². The summed E-state index contributed by atoms with van der Waals surface area (Å²) in [4.78, 5) is 16.1. The highest BCUT2D eigenvalue weighted by atomic mass is 32.1. The standard InChI is InChI=1S/C18H21NO3S/c1-11-12-5-3-4-6-15(12)23-17(11)18(20)19-9-10-22-14-8-7-13(19)16(14)21-2/h3-6,13-14,16H,7-10H2,1-2H3. The number of benzene rings is 1. The van der Waals surface area contributed by atoms with Crippen LogP contribution in [-0.2, 0) is 9.47 Å². The molecular weight excluding hydrogens is 310 g/mol. The Balaban J connectivity index is 1.71. The topological polar surface area (TPSA) is 38.8 Å². The third kappa shape index (κ3) is 2.38. The van der Waals surface area contributed by atoms with Crippen molar-refractivity contribution in [3.8, 4) is 0 Å². The summed E-state index contributed by atoms with van der Waals surface area (Å²) >= 11 is 1.59. The number of hydrogen-bond donors (Lipinski definition) is 0. The highest BCUT2D eigenvalue weighted by Crippen LogP contribution is 2.36. The molecular formula is C18H21NO3S. The van der Waals surface area contributed by atoms with Crippen LogP contribution in [0.15, 0.2) is 24.3 Å². The van der Waals surface area contributed by atoms with E-state index in [1.165, 1.54) is 10.1 Å². The van der Waals surface area contributed by atoms with Crippen LogP contribution in [0.1, 0.15) is 28.1 Å². The largest absolute Gasteiger partial charge is 0.377 e. The second-order valence-corrected chi connectivity index (χ2v) is 7.36. The number of carbonyl (C=O) groups excluding carboxylic acids is 1. The van der Waals surface area contributed by atoms with E-state index >= 15 is 0 Å². The van der Waals surface area contributed by atoms with E-state index < -0.39 is 0 Å². The van der Waals surface area contributed by atoms with Crippen molar-refractivity contribution < 1.29 is 14.3 Å². The van der Waals surface area contributed by atoms with Gasteiger partial charge in [0.15, 0.2) is 0 Å². The summed E-state index contributed by atoms with van der Waals surface area (Å²) in [5, 5.41) is 1.18. The lowest BCUT2D eigenvalue weighted by molar-refractivity contribution is -0.0316. The molecule has 5 heteroatoms. The molecule has 4 nitrogen and oxygen atoms in total. The number of thiophene rings is 1. The van der Waals surface area contributed by atoms with Gasteiger partial charge < -0.3 is 14.4 Å². The van der Waals surface area contributed by atoms with Crippen LogP contribution in [0.5, 0.6) is 0 Å². The van der Waals surface area contributed by atoms with Crippen molar-refractivity contribution in [1.82, 2.24) is 4.90 Å². The number of aryl methyl sites for hydroxylation is 1. The summed E-state index contributed by atoms with van der Waals surface area (Å²) in [5.41, 5.74) is 1.09. The summed E-state index contributed by atoms with van der Waals surface area (Å²) in [7, 11) is 1.72. The zero-order valence-electron chi connectivity index (χ0n) is 13.5. The molecule has 1 aliphatic heterocycles. The van der Waals surface area contributed by atoms with Crippen LogP contribution in [0.3, 0.4) is 0 Å². The van der Waals surface area contributed by atoms with Gasteiger partial charge in [-0.1, -0.05) is 18.2 Å². The molecule has 0 spiro atoms. The highest BCUT2D eigenvalue weighted by molar-refractivity contribution is 7.21. The van der Waals surface area contributed by atoms with Crippen LogP contribution in [0.25, 0.3) is 10.1 Å². The smallest absolute Gasteiger partial charge is 0.264 e. The zero-order chi connectivity index (χ0) is 16.0. The van der Waals surface area contributed by atoms with E-state index in [-0.39, 0.29) is 24.2 Å². The minimum atomic E-state index is -0.00358. The van der Waals surface area contributed by atoms with Gasteiger partial charge in [-0.05, 0) is 36.8 Å². The van der Waals surface area contributed by atoms with Crippen LogP contribution in [0.4, 0.5) is 0 Å². The van der Waals surface area contributed by atoms with E-state index in [0.29, 0.717) is 13.2 Å². The molecule has 1 saturated heterocycles. The molecule has 2 bridgehead atoms. The Bertz CT molecular complexity index is 741. The average Bonchev–Trinajstić information content (AvgIpc) is 3.04. The summed E-state index contributed by atoms with van der Waals surface area (Å²) in [6, 6.07) is 8.35. The molecule has 1 saturated carbocycles. The predicted octanol–water partition coefficient (Wildman–Crippen LogP) is 3.23. The molecule has 2 aliphatic rings. The quantitative estimate of drug-likeness (QED) is 0.848. The van der Waals surface area contributed by atoms with Gasteiger partial charge in [0.25, 0.3) is 5.91 Å². The van der Waals surface area contributed by atoms with Crippen LogP contribution in [-0.4, -0.2) is 49.3 Å². The number of methoxy groups -OCH3 is 1. The molecule has 1 aromatic carbocycles. The zero-order valence-corrected chi connectivity index (χ0v) is 14.3. The molecule has 2 aromatic rings. The third-order valence-corrected chi connectivity index (χ3v) is 6.39. The van der Waals surface area contributed by atoms with Crippen LogP contribution in [0.2, 0.25) is 0 Å². The fourth-order valence-electron chi connectivity index (χ4n) is 3.96. The average molecular weight is 331 g/mol. The molecule has 23 heavy (non-hydrogen) atoms. The first-order chi connectivity index (χ1) is 11.2. The molecule has 1 amide bonds. The molecule has 0 radical (unpaired) electrons. The fraction of sp³-hybridized carbons (Fsp3) is 0.500. The first-order valence-corrected chi connectivity index (χ1v) is 8.96. The fourth-order valence-corrected chi connectivity index (χ4v) is 5.13. The third-order valence-electron chi connectivity index (χ3n) is 5.13. The van der Waals surface area contributed by atoms with Gasteiger partial charge in [0, 0.05) is 18.4 Å². The Morgan fingerprint density at radius 1 is 1.35 bits per heavy atom. The maximum atomic E-state index is 13.2. The number of amides is 1. The van der Waals surface area contributed by atoms with Gasteiger partial charge in [0.05, 0.1) is 23.6 Å². The summed E-state index contributed by atoms with van der Waals surface area (Å²) in [5.74, 6) is 0.127.